The monoisotopic (exact) mass is 203 g/mol. The van der Waals surface area contributed by atoms with Crippen LogP contribution in [0.1, 0.15) is 16.7 Å². The number of aliphatic imine (C=N–C) groups is 1. The Kier molecular flexibility index (Phi) is 2.90. The van der Waals surface area contributed by atoms with Crippen molar-refractivity contribution in [1.29, 1.82) is 0 Å². The number of guanidine groups is 1. The Hall–Kier alpha value is -1.51. The van der Waals surface area contributed by atoms with Crippen LogP contribution in [0, 0.1) is 13.8 Å². The maximum Gasteiger partial charge on any atom is 0.191 e. The molecule has 1 aromatic rings. The van der Waals surface area contributed by atoms with E-state index in [9.17, 15) is 0 Å². The lowest BCUT2D eigenvalue weighted by atomic mass is 10.1. The van der Waals surface area contributed by atoms with Gasteiger partial charge in [0.05, 0.1) is 6.54 Å². The molecule has 15 heavy (non-hydrogen) atoms. The number of benzene rings is 1. The first-order chi connectivity index (χ1) is 7.25. The van der Waals surface area contributed by atoms with Gasteiger partial charge in [-0.2, -0.15) is 0 Å². The molecule has 0 aromatic heterocycles. The summed E-state index contributed by atoms with van der Waals surface area (Å²) >= 11 is 0. The van der Waals surface area contributed by atoms with Crippen molar-refractivity contribution in [2.75, 3.05) is 13.1 Å². The van der Waals surface area contributed by atoms with E-state index in [1.807, 2.05) is 0 Å². The zero-order valence-electron chi connectivity index (χ0n) is 9.30. The smallest absolute Gasteiger partial charge is 0.191 e. The Bertz CT molecular complexity index is 382. The fraction of sp³-hybridized carbons (Fsp3) is 0.417. The van der Waals surface area contributed by atoms with Gasteiger partial charge in [-0.3, -0.25) is 4.99 Å². The average Bonchev–Trinajstić information content (AvgIpc) is 2.72. The molecule has 0 aliphatic carbocycles. The van der Waals surface area contributed by atoms with E-state index in [0.29, 0.717) is 0 Å². The summed E-state index contributed by atoms with van der Waals surface area (Å²) in [5.74, 6) is 0.927. The first-order valence-corrected chi connectivity index (χ1v) is 5.34. The Morgan fingerprint density at radius 3 is 3.00 bits per heavy atom. The van der Waals surface area contributed by atoms with E-state index in [1.54, 1.807) is 0 Å². The lowest BCUT2D eigenvalue weighted by Crippen LogP contribution is -2.33. The van der Waals surface area contributed by atoms with E-state index in [1.165, 1.54) is 16.7 Å². The third-order valence-electron chi connectivity index (χ3n) is 2.63. The molecule has 3 heteroatoms. The van der Waals surface area contributed by atoms with Crippen LogP contribution in [-0.4, -0.2) is 19.0 Å². The summed E-state index contributed by atoms with van der Waals surface area (Å²) in [6.45, 7) is 6.94. The van der Waals surface area contributed by atoms with Crippen LogP contribution in [0.4, 0.5) is 0 Å². The Morgan fingerprint density at radius 2 is 2.27 bits per heavy atom. The highest BCUT2D eigenvalue weighted by molar-refractivity contribution is 5.81. The van der Waals surface area contributed by atoms with Gasteiger partial charge in [0.2, 0.25) is 0 Å². The van der Waals surface area contributed by atoms with Crippen molar-refractivity contribution in [1.82, 2.24) is 10.6 Å². The molecule has 3 nitrogen and oxygen atoms in total. The molecule has 0 amide bonds. The second-order valence-corrected chi connectivity index (χ2v) is 3.94. The second kappa shape index (κ2) is 4.34. The van der Waals surface area contributed by atoms with Gasteiger partial charge in [0.25, 0.3) is 0 Å². The number of aryl methyl sites for hydroxylation is 2. The molecule has 0 saturated carbocycles. The van der Waals surface area contributed by atoms with Crippen LogP contribution in [0.2, 0.25) is 0 Å². The van der Waals surface area contributed by atoms with Crippen LogP contribution in [-0.2, 0) is 6.54 Å². The predicted octanol–water partition coefficient (Wildman–Crippen LogP) is 1.35. The molecule has 80 valence electrons. The zero-order chi connectivity index (χ0) is 10.7. The minimum absolute atomic E-state index is 0.847. The molecule has 2 rings (SSSR count). The van der Waals surface area contributed by atoms with Gasteiger partial charge in [-0.25, -0.2) is 0 Å². The third-order valence-corrected chi connectivity index (χ3v) is 2.63. The quantitative estimate of drug-likeness (QED) is 0.761. The third kappa shape index (κ3) is 2.49. The fourth-order valence-corrected chi connectivity index (χ4v) is 1.69. The zero-order valence-corrected chi connectivity index (χ0v) is 9.30. The van der Waals surface area contributed by atoms with Gasteiger partial charge < -0.3 is 10.6 Å². The van der Waals surface area contributed by atoms with Crippen LogP contribution in [0.5, 0.6) is 0 Å². The number of hydrogen-bond acceptors (Lipinski definition) is 3. The van der Waals surface area contributed by atoms with E-state index >= 15 is 0 Å². The minimum Gasteiger partial charge on any atom is -0.355 e. The van der Waals surface area contributed by atoms with Gasteiger partial charge in [0.1, 0.15) is 0 Å². The molecule has 0 spiro atoms. The molecule has 0 bridgehead atoms. The normalized spacial score (nSPS) is 14.7. The topological polar surface area (TPSA) is 36.4 Å². The van der Waals surface area contributed by atoms with Crippen LogP contribution < -0.4 is 10.6 Å². The summed E-state index contributed by atoms with van der Waals surface area (Å²) in [6, 6.07) is 6.53. The molecule has 1 aliphatic rings. The van der Waals surface area contributed by atoms with Crippen molar-refractivity contribution in [2.45, 2.75) is 20.4 Å². The van der Waals surface area contributed by atoms with E-state index in [0.717, 1.165) is 25.6 Å². The second-order valence-electron chi connectivity index (χ2n) is 3.94. The van der Waals surface area contributed by atoms with Gasteiger partial charge in [-0.1, -0.05) is 23.8 Å². The average molecular weight is 203 g/mol. The summed E-state index contributed by atoms with van der Waals surface area (Å²) < 4.78 is 0. The summed E-state index contributed by atoms with van der Waals surface area (Å²) in [5.41, 5.74) is 3.97. The molecular formula is C12H17N3. The highest BCUT2D eigenvalue weighted by atomic mass is 15.2. The number of hydrogen-bond donors (Lipinski definition) is 2. The Balaban J connectivity index is 2.00. The largest absolute Gasteiger partial charge is 0.355 e. The first kappa shape index (κ1) is 10.0. The SMILES string of the molecule is Cc1ccc(C)c(CNC2=NCCN2)c1. The minimum atomic E-state index is 0.847. The molecule has 1 heterocycles. The fourth-order valence-electron chi connectivity index (χ4n) is 1.69. The molecule has 2 N–H and O–H groups in total. The first-order valence-electron chi connectivity index (χ1n) is 5.34. The van der Waals surface area contributed by atoms with Crippen molar-refractivity contribution >= 4 is 5.96 Å². The standard InChI is InChI=1S/C12H17N3/c1-9-3-4-10(2)11(7-9)8-15-12-13-5-6-14-12/h3-4,7H,5-6,8H2,1-2H3,(H2,13,14,15). The van der Waals surface area contributed by atoms with Crippen LogP contribution in [0.15, 0.2) is 23.2 Å². The van der Waals surface area contributed by atoms with E-state index < -0.39 is 0 Å². The number of rotatable bonds is 2. The summed E-state index contributed by atoms with van der Waals surface area (Å²) in [7, 11) is 0. The van der Waals surface area contributed by atoms with E-state index in [2.05, 4.69) is 47.7 Å². The predicted molar refractivity (Wildman–Crippen MR) is 63.1 cm³/mol. The molecule has 0 radical (unpaired) electrons. The molecule has 0 saturated heterocycles. The summed E-state index contributed by atoms with van der Waals surface area (Å²) in [5, 5.41) is 6.50. The van der Waals surface area contributed by atoms with E-state index in [4.69, 9.17) is 0 Å². The number of nitrogens with zero attached hydrogens (tertiary/aromatic N) is 1. The number of nitrogens with one attached hydrogen (secondary N) is 2. The summed E-state index contributed by atoms with van der Waals surface area (Å²) in [6.07, 6.45) is 0. The van der Waals surface area contributed by atoms with Crippen LogP contribution >= 0.6 is 0 Å². The van der Waals surface area contributed by atoms with Gasteiger partial charge in [0.15, 0.2) is 5.96 Å². The molecule has 0 atom stereocenters. The van der Waals surface area contributed by atoms with Crippen molar-refractivity contribution in [3.8, 4) is 0 Å². The molecule has 0 fully saturated rings. The maximum atomic E-state index is 4.30. The van der Waals surface area contributed by atoms with Gasteiger partial charge in [-0.05, 0) is 25.0 Å². The molecule has 0 unspecified atom stereocenters. The Labute approximate surface area is 90.6 Å². The van der Waals surface area contributed by atoms with Crippen LogP contribution in [0.25, 0.3) is 0 Å². The molecule has 1 aromatic carbocycles. The lowest BCUT2D eigenvalue weighted by Gasteiger charge is -2.09. The van der Waals surface area contributed by atoms with Crippen molar-refractivity contribution in [2.24, 2.45) is 4.99 Å². The van der Waals surface area contributed by atoms with Gasteiger partial charge in [-0.15, -0.1) is 0 Å². The highest BCUT2D eigenvalue weighted by Crippen LogP contribution is 2.10. The van der Waals surface area contributed by atoms with Crippen molar-refractivity contribution < 1.29 is 0 Å². The van der Waals surface area contributed by atoms with Crippen molar-refractivity contribution in [3.63, 3.8) is 0 Å². The van der Waals surface area contributed by atoms with Gasteiger partial charge >= 0.3 is 0 Å². The summed E-state index contributed by atoms with van der Waals surface area (Å²) in [4.78, 5) is 4.30. The lowest BCUT2D eigenvalue weighted by molar-refractivity contribution is 0.860. The van der Waals surface area contributed by atoms with Crippen LogP contribution in [0.3, 0.4) is 0 Å². The molecular weight excluding hydrogens is 186 g/mol. The maximum absolute atomic E-state index is 4.30. The molecule has 1 aliphatic heterocycles. The highest BCUT2D eigenvalue weighted by Gasteiger charge is 2.04. The Morgan fingerprint density at radius 1 is 1.40 bits per heavy atom. The van der Waals surface area contributed by atoms with Gasteiger partial charge in [0, 0.05) is 13.1 Å². The van der Waals surface area contributed by atoms with Crippen molar-refractivity contribution in [3.05, 3.63) is 34.9 Å². The van der Waals surface area contributed by atoms with E-state index in [-0.39, 0.29) is 0 Å².